The highest BCUT2D eigenvalue weighted by molar-refractivity contribution is 5.88. The number of nitrogens with one attached hydrogen (secondary N) is 1. The quantitative estimate of drug-likeness (QED) is 0.543. The third-order valence-electron chi connectivity index (χ3n) is 5.77. The molecule has 1 fully saturated rings. The Labute approximate surface area is 170 Å². The van der Waals surface area contributed by atoms with Gasteiger partial charge in [0, 0.05) is 44.0 Å². The van der Waals surface area contributed by atoms with E-state index in [4.69, 9.17) is 20.4 Å². The van der Waals surface area contributed by atoms with E-state index in [1.54, 1.807) is 12.4 Å². The van der Waals surface area contributed by atoms with Gasteiger partial charge in [-0.1, -0.05) is 12.1 Å². The van der Waals surface area contributed by atoms with E-state index < -0.39 is 0 Å². The zero-order chi connectivity index (χ0) is 19.8. The van der Waals surface area contributed by atoms with Gasteiger partial charge in [0.25, 0.3) is 0 Å². The van der Waals surface area contributed by atoms with Crippen LogP contribution in [0.5, 0.6) is 11.8 Å². The summed E-state index contributed by atoms with van der Waals surface area (Å²) in [6.45, 7) is 2.55. The lowest BCUT2D eigenvalue weighted by atomic mass is 10.1. The molecule has 148 valence electrons. The summed E-state index contributed by atoms with van der Waals surface area (Å²) >= 11 is 0. The molecule has 3 heterocycles. The van der Waals surface area contributed by atoms with Gasteiger partial charge in [0.05, 0.1) is 11.9 Å². The van der Waals surface area contributed by atoms with Gasteiger partial charge in [-0.05, 0) is 48.2 Å². The van der Waals surface area contributed by atoms with Gasteiger partial charge in [0.2, 0.25) is 0 Å². The van der Waals surface area contributed by atoms with Crippen LogP contribution in [0.15, 0.2) is 42.7 Å². The number of anilines is 2. The van der Waals surface area contributed by atoms with Crippen molar-refractivity contribution in [3.8, 4) is 22.9 Å². The molecular weight excluding hydrogens is 364 g/mol. The van der Waals surface area contributed by atoms with Gasteiger partial charge in [0.1, 0.15) is 11.6 Å². The molecule has 1 aliphatic heterocycles. The van der Waals surface area contributed by atoms with Gasteiger partial charge in [-0.25, -0.2) is 0 Å². The molecular formula is C22H24N6O. The van der Waals surface area contributed by atoms with Crippen LogP contribution in [0.3, 0.4) is 0 Å². The highest BCUT2D eigenvalue weighted by atomic mass is 16.5. The standard InChI is InChI=1S/C22H24N6O/c1-24-18-6-2-5-16-17(18)10-19-20(16)21(28-9-7-14(11-23)13-28)27-22(26-19)29-15-4-3-8-25-12-15/h2-6,8,12,14,24H,7,9-11,13,23H2,1H3. The summed E-state index contributed by atoms with van der Waals surface area (Å²) in [5, 5.41) is 3.30. The van der Waals surface area contributed by atoms with Crippen LogP contribution < -0.4 is 20.7 Å². The van der Waals surface area contributed by atoms with Crippen LogP contribution in [0.4, 0.5) is 11.5 Å². The molecule has 0 bridgehead atoms. The molecule has 2 aliphatic rings. The number of nitrogens with zero attached hydrogens (tertiary/aromatic N) is 4. The van der Waals surface area contributed by atoms with Crippen LogP contribution in [0.25, 0.3) is 11.1 Å². The lowest BCUT2D eigenvalue weighted by Crippen LogP contribution is -2.24. The summed E-state index contributed by atoms with van der Waals surface area (Å²) in [4.78, 5) is 16.1. The first-order valence-electron chi connectivity index (χ1n) is 10.0. The lowest BCUT2D eigenvalue weighted by molar-refractivity contribution is 0.438. The van der Waals surface area contributed by atoms with Crippen LogP contribution in [-0.2, 0) is 6.42 Å². The minimum atomic E-state index is 0.363. The van der Waals surface area contributed by atoms with Gasteiger partial charge < -0.3 is 20.7 Å². The van der Waals surface area contributed by atoms with Crippen LogP contribution in [0.1, 0.15) is 17.7 Å². The molecule has 0 radical (unpaired) electrons. The van der Waals surface area contributed by atoms with Crippen molar-refractivity contribution in [1.29, 1.82) is 0 Å². The first-order chi connectivity index (χ1) is 14.3. The highest BCUT2D eigenvalue weighted by Crippen LogP contribution is 2.45. The number of pyridine rings is 1. The molecule has 7 nitrogen and oxygen atoms in total. The van der Waals surface area contributed by atoms with E-state index in [1.807, 2.05) is 19.2 Å². The minimum Gasteiger partial charge on any atom is -0.423 e. The van der Waals surface area contributed by atoms with Gasteiger partial charge in [-0.2, -0.15) is 9.97 Å². The molecule has 1 atom stereocenters. The van der Waals surface area contributed by atoms with Crippen LogP contribution >= 0.6 is 0 Å². The Morgan fingerprint density at radius 2 is 2.17 bits per heavy atom. The number of benzene rings is 1. The third kappa shape index (κ3) is 3.17. The van der Waals surface area contributed by atoms with Gasteiger partial charge in [0.15, 0.2) is 0 Å². The third-order valence-corrected chi connectivity index (χ3v) is 5.77. The zero-order valence-electron chi connectivity index (χ0n) is 16.4. The molecule has 29 heavy (non-hydrogen) atoms. The first-order valence-corrected chi connectivity index (χ1v) is 10.0. The fourth-order valence-electron chi connectivity index (χ4n) is 4.29. The van der Waals surface area contributed by atoms with E-state index in [0.29, 0.717) is 24.2 Å². The zero-order valence-corrected chi connectivity index (χ0v) is 16.4. The van der Waals surface area contributed by atoms with Crippen molar-refractivity contribution in [2.75, 3.05) is 36.9 Å². The molecule has 1 aliphatic carbocycles. The van der Waals surface area contributed by atoms with Crippen molar-refractivity contribution in [3.63, 3.8) is 0 Å². The van der Waals surface area contributed by atoms with Gasteiger partial charge >= 0.3 is 6.01 Å². The topological polar surface area (TPSA) is 89.2 Å². The maximum absolute atomic E-state index is 5.96. The molecule has 3 aromatic rings. The highest BCUT2D eigenvalue weighted by Gasteiger charge is 2.32. The summed E-state index contributed by atoms with van der Waals surface area (Å²) in [6.07, 6.45) is 5.23. The van der Waals surface area contributed by atoms with Crippen molar-refractivity contribution >= 4 is 11.5 Å². The number of hydrogen-bond donors (Lipinski definition) is 2. The van der Waals surface area contributed by atoms with E-state index in [-0.39, 0.29) is 0 Å². The second-order valence-corrected chi connectivity index (χ2v) is 7.54. The van der Waals surface area contributed by atoms with E-state index in [2.05, 4.69) is 33.4 Å². The number of fused-ring (bicyclic) bond motifs is 3. The predicted octanol–water partition coefficient (Wildman–Crippen LogP) is 3.06. The Kier molecular flexibility index (Phi) is 4.52. The Morgan fingerprint density at radius 3 is 2.93 bits per heavy atom. The van der Waals surface area contributed by atoms with E-state index in [1.165, 1.54) is 11.1 Å². The normalized spacial score (nSPS) is 17.2. The van der Waals surface area contributed by atoms with Crippen molar-refractivity contribution in [3.05, 3.63) is 54.0 Å². The van der Waals surface area contributed by atoms with Crippen molar-refractivity contribution < 1.29 is 4.74 Å². The average molecular weight is 388 g/mol. The Balaban J connectivity index is 1.61. The largest absolute Gasteiger partial charge is 0.423 e. The fraction of sp³-hybridized carbons (Fsp3) is 0.318. The number of ether oxygens (including phenoxy) is 1. The summed E-state index contributed by atoms with van der Waals surface area (Å²) in [5.74, 6) is 2.07. The number of rotatable bonds is 5. The molecule has 0 amide bonds. The summed E-state index contributed by atoms with van der Waals surface area (Å²) < 4.78 is 5.96. The molecule has 2 aromatic heterocycles. The SMILES string of the molecule is CNc1cccc2c1Cc1nc(Oc3cccnc3)nc(N3CCC(CN)C3)c1-2. The number of nitrogens with two attached hydrogens (primary N) is 1. The molecule has 7 heteroatoms. The van der Waals surface area contributed by atoms with Crippen LogP contribution in [0, 0.1) is 5.92 Å². The predicted molar refractivity (Wildman–Crippen MR) is 114 cm³/mol. The maximum atomic E-state index is 5.96. The first kappa shape index (κ1) is 17.9. The smallest absolute Gasteiger partial charge is 0.324 e. The van der Waals surface area contributed by atoms with Crippen molar-refractivity contribution in [1.82, 2.24) is 15.0 Å². The number of aromatic nitrogens is 3. The van der Waals surface area contributed by atoms with E-state index >= 15 is 0 Å². The fourth-order valence-corrected chi connectivity index (χ4v) is 4.29. The Hall–Kier alpha value is -3.19. The van der Waals surface area contributed by atoms with Gasteiger partial charge in [-0.3, -0.25) is 4.98 Å². The van der Waals surface area contributed by atoms with Crippen LogP contribution in [0.2, 0.25) is 0 Å². The summed E-state index contributed by atoms with van der Waals surface area (Å²) in [7, 11) is 1.95. The van der Waals surface area contributed by atoms with Crippen molar-refractivity contribution in [2.45, 2.75) is 12.8 Å². The molecule has 1 unspecified atom stereocenters. The van der Waals surface area contributed by atoms with Crippen molar-refractivity contribution in [2.24, 2.45) is 11.7 Å². The average Bonchev–Trinajstić information content (AvgIpc) is 3.38. The molecule has 1 saturated heterocycles. The van der Waals surface area contributed by atoms with E-state index in [0.717, 1.165) is 48.7 Å². The molecule has 1 aromatic carbocycles. The monoisotopic (exact) mass is 388 g/mol. The molecule has 0 spiro atoms. The van der Waals surface area contributed by atoms with Crippen LogP contribution in [-0.4, -0.2) is 41.6 Å². The van der Waals surface area contributed by atoms with E-state index in [9.17, 15) is 0 Å². The molecule has 5 rings (SSSR count). The maximum Gasteiger partial charge on any atom is 0.324 e. The Morgan fingerprint density at radius 1 is 1.24 bits per heavy atom. The summed E-state index contributed by atoms with van der Waals surface area (Å²) in [6, 6.07) is 10.4. The number of hydrogen-bond acceptors (Lipinski definition) is 7. The second kappa shape index (κ2) is 7.33. The Bertz CT molecular complexity index is 1040. The lowest BCUT2D eigenvalue weighted by Gasteiger charge is -2.21. The van der Waals surface area contributed by atoms with Gasteiger partial charge in [-0.15, -0.1) is 0 Å². The second-order valence-electron chi connectivity index (χ2n) is 7.54. The minimum absolute atomic E-state index is 0.363. The molecule has 3 N–H and O–H groups in total. The summed E-state index contributed by atoms with van der Waals surface area (Å²) in [5.41, 5.74) is 11.6. The molecule has 0 saturated carbocycles.